The maximum absolute atomic E-state index is 15.3. The summed E-state index contributed by atoms with van der Waals surface area (Å²) in [5, 5.41) is 10.9. The zero-order valence-corrected chi connectivity index (χ0v) is 33.8. The largest absolute Gasteiger partial charge is 0.371 e. The van der Waals surface area contributed by atoms with Crippen molar-refractivity contribution in [2.75, 3.05) is 42.1 Å². The Balaban J connectivity index is 1.76. The smallest absolute Gasteiger partial charge is 0.274 e. The Morgan fingerprint density at radius 2 is 1.46 bits per heavy atom. The highest BCUT2D eigenvalue weighted by Gasteiger charge is 2.28. The van der Waals surface area contributed by atoms with Crippen LogP contribution in [0.15, 0.2) is 69.4 Å². The van der Waals surface area contributed by atoms with Crippen molar-refractivity contribution in [1.82, 2.24) is 4.31 Å². The van der Waals surface area contributed by atoms with Gasteiger partial charge in [0, 0.05) is 44.0 Å². The number of sulfonamides is 2. The molecule has 18 heteroatoms. The fourth-order valence-electron chi connectivity index (χ4n) is 5.41. The third-order valence-corrected chi connectivity index (χ3v) is 12.7. The van der Waals surface area contributed by atoms with Gasteiger partial charge in [0.2, 0.25) is 10.0 Å². The summed E-state index contributed by atoms with van der Waals surface area (Å²) in [5.74, 6) is -2.71. The van der Waals surface area contributed by atoms with Gasteiger partial charge in [-0.05, 0) is 93.4 Å². The van der Waals surface area contributed by atoms with E-state index in [1.807, 2.05) is 11.8 Å². The van der Waals surface area contributed by atoms with Crippen LogP contribution in [-0.2, 0) is 24.8 Å². The van der Waals surface area contributed by atoms with E-state index in [1.54, 1.807) is 24.3 Å². The van der Waals surface area contributed by atoms with E-state index in [9.17, 15) is 21.6 Å². The summed E-state index contributed by atoms with van der Waals surface area (Å²) in [6.07, 6.45) is 0.307. The highest BCUT2D eigenvalue weighted by atomic mass is 35.5. The zero-order valence-electron chi connectivity index (χ0n) is 29.9. The lowest BCUT2D eigenvalue weighted by Gasteiger charge is -2.22. The number of benzene rings is 4. The Morgan fingerprint density at radius 1 is 0.852 bits per heavy atom. The number of aliphatic imine (C=N–C) groups is 1. The fourth-order valence-corrected chi connectivity index (χ4v) is 8.43. The Kier molecular flexibility index (Phi) is 13.4. The van der Waals surface area contributed by atoms with E-state index < -0.39 is 42.5 Å². The number of carbonyl (C=O) groups excluding carboxylic acids is 1. The number of amides is 1. The first-order valence-electron chi connectivity index (χ1n) is 16.1. The zero-order chi connectivity index (χ0) is 40.3. The van der Waals surface area contributed by atoms with Crippen LogP contribution in [0.5, 0.6) is 0 Å². The third kappa shape index (κ3) is 8.97. The number of anilines is 3. The van der Waals surface area contributed by atoms with Crippen molar-refractivity contribution in [1.29, 1.82) is 5.26 Å². The topological polar surface area (TPSA) is 152 Å². The first-order chi connectivity index (χ1) is 25.2. The molecule has 1 amide bonds. The van der Waals surface area contributed by atoms with Gasteiger partial charge in [0.25, 0.3) is 15.9 Å². The maximum Gasteiger partial charge on any atom is 0.274 e. The molecule has 4 aromatic carbocycles. The average molecular weight is 840 g/mol. The van der Waals surface area contributed by atoms with Crippen molar-refractivity contribution in [3.8, 4) is 6.07 Å². The first kappa shape index (κ1) is 42.4. The molecule has 0 aromatic heterocycles. The molecule has 0 radical (unpaired) electrons. The SMILES string of the molecule is CCN(CCC#N)c1ccc(N=C(C(=O)Nc2cc(S(=O)(=O)Nc3cc(Cl)c(S(=O)(=O)N(C)C)cc3Cl)ccc2Cl)c2c(C)c(F)c(C)c(F)c2C)cc1. The van der Waals surface area contributed by atoms with Gasteiger partial charge in [-0.25, -0.2) is 34.9 Å². The minimum Gasteiger partial charge on any atom is -0.371 e. The summed E-state index contributed by atoms with van der Waals surface area (Å²) >= 11 is 18.9. The van der Waals surface area contributed by atoms with E-state index in [1.165, 1.54) is 40.9 Å². The second-order valence-corrected chi connectivity index (χ2v) is 17.1. The molecule has 0 saturated heterocycles. The lowest BCUT2D eigenvalue weighted by molar-refractivity contribution is -0.110. The van der Waals surface area contributed by atoms with E-state index >= 15 is 8.78 Å². The minimum atomic E-state index is -4.48. The molecule has 54 heavy (non-hydrogen) atoms. The number of hydrogen-bond donors (Lipinski definition) is 2. The number of nitrogens with one attached hydrogen (secondary N) is 2. The van der Waals surface area contributed by atoms with E-state index in [0.717, 1.165) is 34.3 Å². The van der Waals surface area contributed by atoms with Gasteiger partial charge in [0.15, 0.2) is 0 Å². The number of carbonyl (C=O) groups is 1. The predicted molar refractivity (Wildman–Crippen MR) is 210 cm³/mol. The normalized spacial score (nSPS) is 12.1. The number of rotatable bonds is 13. The Morgan fingerprint density at radius 3 is 2.02 bits per heavy atom. The van der Waals surface area contributed by atoms with Gasteiger partial charge in [0.1, 0.15) is 22.2 Å². The summed E-state index contributed by atoms with van der Waals surface area (Å²) in [7, 11) is -5.91. The van der Waals surface area contributed by atoms with Gasteiger partial charge >= 0.3 is 0 Å². The molecular formula is C36H35Cl3F2N6O5S2. The molecule has 286 valence electrons. The van der Waals surface area contributed by atoms with Crippen LogP contribution in [0.2, 0.25) is 15.1 Å². The fraction of sp³-hybridized carbons (Fsp3) is 0.250. The highest BCUT2D eigenvalue weighted by Crippen LogP contribution is 2.35. The van der Waals surface area contributed by atoms with Crippen molar-refractivity contribution >= 4 is 89.2 Å². The van der Waals surface area contributed by atoms with Gasteiger partial charge in [-0.1, -0.05) is 34.8 Å². The monoisotopic (exact) mass is 838 g/mol. The molecule has 4 aromatic rings. The van der Waals surface area contributed by atoms with E-state index in [0.29, 0.717) is 19.5 Å². The van der Waals surface area contributed by atoms with Gasteiger partial charge in [0.05, 0.1) is 49.5 Å². The average Bonchev–Trinajstić information content (AvgIpc) is 3.12. The van der Waals surface area contributed by atoms with E-state index in [2.05, 4.69) is 21.1 Å². The molecule has 0 fully saturated rings. The quantitative estimate of drug-likeness (QED) is 0.128. The Labute approximate surface area is 328 Å². The molecule has 0 saturated carbocycles. The van der Waals surface area contributed by atoms with Crippen molar-refractivity contribution < 1.29 is 30.4 Å². The van der Waals surface area contributed by atoms with Gasteiger partial charge < -0.3 is 10.2 Å². The number of halogens is 5. The van der Waals surface area contributed by atoms with Gasteiger partial charge in [-0.2, -0.15) is 5.26 Å². The van der Waals surface area contributed by atoms with Crippen LogP contribution in [0.4, 0.5) is 31.5 Å². The molecule has 0 aliphatic carbocycles. The van der Waals surface area contributed by atoms with Gasteiger partial charge in [-0.15, -0.1) is 0 Å². The number of nitriles is 1. The van der Waals surface area contributed by atoms with Crippen molar-refractivity contribution in [2.45, 2.75) is 43.9 Å². The molecule has 2 N–H and O–H groups in total. The van der Waals surface area contributed by atoms with E-state index in [-0.39, 0.29) is 65.0 Å². The summed E-state index contributed by atoms with van der Waals surface area (Å²) in [4.78, 5) is 19.8. The standard InChI is InChI=1S/C36H35Cl3F2N6O5S2/c1-7-47(16-8-15-42)24-11-9-23(10-12-24)43-35(32-20(2)33(40)22(4)34(41)21(32)3)36(48)44-29-17-25(13-14-26(29)37)53(49,50)45-30-18-28(39)31(19-27(30)38)54(51,52)46(5)6/h9-14,17-19,45H,7-8,16H2,1-6H3,(H,44,48). The second-order valence-electron chi connectivity index (χ2n) is 12.1. The first-order valence-corrected chi connectivity index (χ1v) is 20.1. The highest BCUT2D eigenvalue weighted by molar-refractivity contribution is 7.92. The lowest BCUT2D eigenvalue weighted by atomic mass is 9.94. The lowest BCUT2D eigenvalue weighted by Crippen LogP contribution is -2.27. The summed E-state index contributed by atoms with van der Waals surface area (Å²) < 4.78 is 86.1. The Hall–Kier alpha value is -4.30. The number of hydrogen-bond acceptors (Lipinski definition) is 8. The van der Waals surface area contributed by atoms with Crippen LogP contribution in [0.1, 0.15) is 35.6 Å². The van der Waals surface area contributed by atoms with Crippen molar-refractivity contribution in [3.05, 3.63) is 104 Å². The second kappa shape index (κ2) is 17.0. The summed E-state index contributed by atoms with van der Waals surface area (Å²) in [6.45, 7) is 7.09. The molecule has 0 atom stereocenters. The van der Waals surface area contributed by atoms with Crippen LogP contribution < -0.4 is 14.9 Å². The third-order valence-electron chi connectivity index (χ3n) is 8.37. The van der Waals surface area contributed by atoms with Crippen LogP contribution in [0.3, 0.4) is 0 Å². The summed E-state index contributed by atoms with van der Waals surface area (Å²) in [6, 6.07) is 14.2. The van der Waals surface area contributed by atoms with Crippen LogP contribution in [-0.4, -0.2) is 59.9 Å². The molecule has 0 heterocycles. The van der Waals surface area contributed by atoms with Crippen LogP contribution in [0.25, 0.3) is 0 Å². The molecule has 0 unspecified atom stereocenters. The van der Waals surface area contributed by atoms with E-state index in [4.69, 9.17) is 40.1 Å². The van der Waals surface area contributed by atoms with Crippen molar-refractivity contribution in [3.63, 3.8) is 0 Å². The predicted octanol–water partition coefficient (Wildman–Crippen LogP) is 8.40. The van der Waals surface area contributed by atoms with Gasteiger partial charge in [-0.3, -0.25) is 9.52 Å². The van der Waals surface area contributed by atoms with Crippen LogP contribution in [0, 0.1) is 43.7 Å². The molecule has 0 aliphatic rings. The maximum atomic E-state index is 15.3. The molecular weight excluding hydrogens is 805 g/mol. The molecule has 0 bridgehead atoms. The van der Waals surface area contributed by atoms with Crippen molar-refractivity contribution in [2.24, 2.45) is 4.99 Å². The molecule has 0 aliphatic heterocycles. The Bertz CT molecular complexity index is 2390. The molecule has 4 rings (SSSR count). The molecule has 0 spiro atoms. The molecule has 11 nitrogen and oxygen atoms in total. The van der Waals surface area contributed by atoms with Crippen LogP contribution >= 0.6 is 34.8 Å². The number of nitrogens with zero attached hydrogens (tertiary/aromatic N) is 4. The summed E-state index contributed by atoms with van der Waals surface area (Å²) in [5.41, 5.74) is -0.211. The minimum absolute atomic E-state index is 0.0443.